The van der Waals surface area contributed by atoms with Crippen LogP contribution in [0.2, 0.25) is 0 Å². The van der Waals surface area contributed by atoms with Crippen LogP contribution in [0.25, 0.3) is 0 Å². The van der Waals surface area contributed by atoms with Crippen LogP contribution in [0.4, 0.5) is 0 Å². The molecule has 0 aromatic heterocycles. The van der Waals surface area contributed by atoms with Crippen molar-refractivity contribution in [2.75, 3.05) is 0 Å². The lowest BCUT2D eigenvalue weighted by Gasteiger charge is -2.36. The van der Waals surface area contributed by atoms with Crippen LogP contribution in [0.5, 0.6) is 0 Å². The number of carbonyl (C=O) groups is 1. The molecule has 0 heterocycles. The van der Waals surface area contributed by atoms with Crippen LogP contribution >= 0.6 is 0 Å². The first-order valence-corrected chi connectivity index (χ1v) is 8.40. The molecule has 0 bridgehead atoms. The summed E-state index contributed by atoms with van der Waals surface area (Å²) in [5.41, 5.74) is 1.32. The molecule has 0 radical (unpaired) electrons. The van der Waals surface area contributed by atoms with Crippen LogP contribution in [0.1, 0.15) is 51.7 Å². The predicted molar refractivity (Wildman–Crippen MR) is 96.3 cm³/mol. The van der Waals surface area contributed by atoms with Gasteiger partial charge in [-0.1, -0.05) is 74.5 Å². The highest BCUT2D eigenvalue weighted by Crippen LogP contribution is 2.31. The monoisotopic (exact) mass is 309 g/mol. The van der Waals surface area contributed by atoms with Gasteiger partial charge < -0.3 is 5.32 Å². The number of benzene rings is 2. The third-order valence-corrected chi connectivity index (χ3v) is 5.13. The topological polar surface area (TPSA) is 29.1 Å². The van der Waals surface area contributed by atoms with Gasteiger partial charge in [0.1, 0.15) is 0 Å². The highest BCUT2D eigenvalue weighted by Gasteiger charge is 2.37. The molecule has 0 saturated heterocycles. The molecule has 0 aliphatic carbocycles. The molecule has 1 amide bonds. The summed E-state index contributed by atoms with van der Waals surface area (Å²) in [6.07, 6.45) is 1.61. The van der Waals surface area contributed by atoms with E-state index in [1.807, 2.05) is 55.5 Å². The fourth-order valence-electron chi connectivity index (χ4n) is 2.86. The van der Waals surface area contributed by atoms with E-state index in [1.165, 1.54) is 0 Å². The standard InChI is InChI=1S/C21H27NO/c1-5-20(3,17-13-9-7-10-14-17)19(23)22-21(4,6-2)18-15-11-8-12-16-18/h7-16H,5-6H2,1-4H3,(H,22,23). The quantitative estimate of drug-likeness (QED) is 0.816. The van der Waals surface area contributed by atoms with Crippen LogP contribution in [0.15, 0.2) is 60.7 Å². The van der Waals surface area contributed by atoms with Gasteiger partial charge in [-0.15, -0.1) is 0 Å². The lowest BCUT2D eigenvalue weighted by Crippen LogP contribution is -2.50. The molecule has 2 aromatic rings. The maximum atomic E-state index is 13.1. The Morgan fingerprint density at radius 1 is 0.826 bits per heavy atom. The van der Waals surface area contributed by atoms with Gasteiger partial charge >= 0.3 is 0 Å². The normalized spacial score (nSPS) is 16.2. The van der Waals surface area contributed by atoms with E-state index >= 15 is 0 Å². The van der Waals surface area contributed by atoms with E-state index in [0.29, 0.717) is 0 Å². The van der Waals surface area contributed by atoms with E-state index in [2.05, 4.69) is 38.2 Å². The van der Waals surface area contributed by atoms with Crippen molar-refractivity contribution >= 4 is 5.91 Å². The van der Waals surface area contributed by atoms with Gasteiger partial charge in [0.25, 0.3) is 0 Å². The highest BCUT2D eigenvalue weighted by atomic mass is 16.2. The van der Waals surface area contributed by atoms with Gasteiger partial charge in [-0.05, 0) is 37.8 Å². The second-order valence-electron chi connectivity index (χ2n) is 6.56. The Hall–Kier alpha value is -2.09. The van der Waals surface area contributed by atoms with E-state index in [-0.39, 0.29) is 11.4 Å². The van der Waals surface area contributed by atoms with Gasteiger partial charge in [0.05, 0.1) is 11.0 Å². The predicted octanol–water partition coefficient (Wildman–Crippen LogP) is 4.80. The minimum absolute atomic E-state index is 0.0828. The molecule has 2 unspecified atom stereocenters. The summed E-state index contributed by atoms with van der Waals surface area (Å²) in [5, 5.41) is 3.31. The first-order chi connectivity index (χ1) is 11.0. The van der Waals surface area contributed by atoms with Crippen molar-refractivity contribution in [3.05, 3.63) is 71.8 Å². The van der Waals surface area contributed by atoms with E-state index in [9.17, 15) is 4.79 Å². The first-order valence-electron chi connectivity index (χ1n) is 8.40. The number of nitrogens with one attached hydrogen (secondary N) is 1. The highest BCUT2D eigenvalue weighted by molar-refractivity contribution is 5.88. The second kappa shape index (κ2) is 6.99. The molecule has 0 aliphatic heterocycles. The number of rotatable bonds is 6. The maximum Gasteiger partial charge on any atom is 0.231 e. The SMILES string of the molecule is CCC(C)(NC(=O)C(C)(CC)c1ccccc1)c1ccccc1. The molecule has 1 N–H and O–H groups in total. The van der Waals surface area contributed by atoms with Gasteiger partial charge in [-0.2, -0.15) is 0 Å². The number of hydrogen-bond donors (Lipinski definition) is 1. The molecule has 2 rings (SSSR count). The minimum atomic E-state index is -0.521. The molecule has 2 atom stereocenters. The van der Waals surface area contributed by atoms with Crippen molar-refractivity contribution in [1.29, 1.82) is 0 Å². The minimum Gasteiger partial charge on any atom is -0.346 e. The zero-order valence-electron chi connectivity index (χ0n) is 14.6. The first kappa shape index (κ1) is 17.3. The summed E-state index contributed by atoms with van der Waals surface area (Å²) < 4.78 is 0. The van der Waals surface area contributed by atoms with Crippen molar-refractivity contribution in [3.8, 4) is 0 Å². The molecule has 122 valence electrons. The van der Waals surface area contributed by atoms with Gasteiger partial charge in [-0.3, -0.25) is 4.79 Å². The zero-order valence-corrected chi connectivity index (χ0v) is 14.6. The Kier molecular flexibility index (Phi) is 5.25. The average Bonchev–Trinajstić information content (AvgIpc) is 2.62. The van der Waals surface area contributed by atoms with Gasteiger partial charge in [0.15, 0.2) is 0 Å². The molecule has 0 fully saturated rings. The third kappa shape index (κ3) is 3.47. The van der Waals surface area contributed by atoms with E-state index in [1.54, 1.807) is 0 Å². The van der Waals surface area contributed by atoms with Crippen LogP contribution in [-0.4, -0.2) is 5.91 Å². The lowest BCUT2D eigenvalue weighted by molar-refractivity contribution is -0.128. The van der Waals surface area contributed by atoms with Crippen molar-refractivity contribution in [3.63, 3.8) is 0 Å². The Morgan fingerprint density at radius 3 is 1.74 bits per heavy atom. The summed E-state index contributed by atoms with van der Waals surface area (Å²) >= 11 is 0. The molecule has 0 spiro atoms. The summed E-state index contributed by atoms with van der Waals surface area (Å²) in [5.74, 6) is 0.0828. The Morgan fingerprint density at radius 2 is 1.30 bits per heavy atom. The van der Waals surface area contributed by atoms with Crippen molar-refractivity contribution in [2.45, 2.75) is 51.5 Å². The molecule has 2 nitrogen and oxygen atoms in total. The average molecular weight is 309 g/mol. The summed E-state index contributed by atoms with van der Waals surface area (Å²) in [6.45, 7) is 8.30. The van der Waals surface area contributed by atoms with E-state index < -0.39 is 5.41 Å². The van der Waals surface area contributed by atoms with Gasteiger partial charge in [0.2, 0.25) is 5.91 Å². The van der Waals surface area contributed by atoms with Gasteiger partial charge in [-0.25, -0.2) is 0 Å². The molecular weight excluding hydrogens is 282 g/mol. The van der Waals surface area contributed by atoms with Gasteiger partial charge in [0, 0.05) is 0 Å². The number of carbonyl (C=O) groups excluding carboxylic acids is 1. The molecule has 0 aliphatic rings. The molecule has 2 heteroatoms. The molecule has 0 saturated carbocycles. The van der Waals surface area contributed by atoms with Crippen LogP contribution in [0.3, 0.4) is 0 Å². The van der Waals surface area contributed by atoms with Crippen LogP contribution < -0.4 is 5.32 Å². The maximum absolute atomic E-state index is 13.1. The number of amides is 1. The van der Waals surface area contributed by atoms with Crippen LogP contribution in [-0.2, 0) is 15.7 Å². The Balaban J connectivity index is 2.32. The largest absolute Gasteiger partial charge is 0.346 e. The Bertz CT molecular complexity index is 637. The molecule has 2 aromatic carbocycles. The van der Waals surface area contributed by atoms with Crippen molar-refractivity contribution in [1.82, 2.24) is 5.32 Å². The lowest BCUT2D eigenvalue weighted by atomic mass is 9.77. The third-order valence-electron chi connectivity index (χ3n) is 5.13. The van der Waals surface area contributed by atoms with Crippen molar-refractivity contribution in [2.24, 2.45) is 0 Å². The fourth-order valence-corrected chi connectivity index (χ4v) is 2.86. The van der Waals surface area contributed by atoms with E-state index in [4.69, 9.17) is 0 Å². The molecule has 23 heavy (non-hydrogen) atoms. The van der Waals surface area contributed by atoms with Crippen LogP contribution in [0, 0.1) is 0 Å². The zero-order chi connectivity index (χ0) is 16.9. The summed E-state index contributed by atoms with van der Waals surface area (Å²) in [6, 6.07) is 20.2. The summed E-state index contributed by atoms with van der Waals surface area (Å²) in [4.78, 5) is 13.1. The molecular formula is C21H27NO. The van der Waals surface area contributed by atoms with E-state index in [0.717, 1.165) is 24.0 Å². The number of hydrogen-bond acceptors (Lipinski definition) is 1. The van der Waals surface area contributed by atoms with Crippen molar-refractivity contribution < 1.29 is 4.79 Å². The fraction of sp³-hybridized carbons (Fsp3) is 0.381. The second-order valence-corrected chi connectivity index (χ2v) is 6.56. The Labute approximate surface area is 139 Å². The summed E-state index contributed by atoms with van der Waals surface area (Å²) in [7, 11) is 0. The smallest absolute Gasteiger partial charge is 0.231 e.